The van der Waals surface area contributed by atoms with Crippen molar-refractivity contribution in [3.8, 4) is 0 Å². The molecule has 1 aliphatic rings. The Morgan fingerprint density at radius 2 is 1.72 bits per heavy atom. The van der Waals surface area contributed by atoms with Gasteiger partial charge >= 0.3 is 0 Å². The van der Waals surface area contributed by atoms with Gasteiger partial charge in [-0.1, -0.05) is 31.2 Å². The zero-order valence-corrected chi connectivity index (χ0v) is 16.2. The van der Waals surface area contributed by atoms with Gasteiger partial charge in [-0.05, 0) is 24.3 Å². The van der Waals surface area contributed by atoms with Crippen LogP contribution in [0.3, 0.4) is 0 Å². The van der Waals surface area contributed by atoms with E-state index in [0.29, 0.717) is 54.9 Å². The number of nitrogens with zero attached hydrogens (tertiary/aromatic N) is 2. The van der Waals surface area contributed by atoms with Crippen molar-refractivity contribution in [2.75, 3.05) is 36.4 Å². The minimum Gasteiger partial charge on any atom is -0.449 e. The highest BCUT2D eigenvalue weighted by molar-refractivity contribution is 6.10. The molecule has 1 fully saturated rings. The zero-order chi connectivity index (χ0) is 20.4. The van der Waals surface area contributed by atoms with Crippen LogP contribution in [0, 0.1) is 5.82 Å². The van der Waals surface area contributed by atoms with Gasteiger partial charge in [-0.15, -0.1) is 0 Å². The molecular weight excluding hydrogens is 373 g/mol. The summed E-state index contributed by atoms with van der Waals surface area (Å²) in [4.78, 5) is 28.7. The molecule has 7 heteroatoms. The van der Waals surface area contributed by atoms with Gasteiger partial charge in [0, 0.05) is 38.0 Å². The first-order chi connectivity index (χ1) is 14.1. The van der Waals surface area contributed by atoms with E-state index >= 15 is 0 Å². The van der Waals surface area contributed by atoms with Crippen LogP contribution in [0.4, 0.5) is 15.8 Å². The molecule has 0 atom stereocenters. The third-order valence-corrected chi connectivity index (χ3v) is 5.14. The average Bonchev–Trinajstić information content (AvgIpc) is 3.12. The van der Waals surface area contributed by atoms with Crippen LogP contribution in [-0.4, -0.2) is 42.9 Å². The molecule has 150 valence electrons. The number of piperazine rings is 1. The normalized spacial score (nSPS) is 14.3. The number of nitrogens with one attached hydrogen (secondary N) is 1. The number of carbonyl (C=O) groups excluding carboxylic acids is 2. The summed E-state index contributed by atoms with van der Waals surface area (Å²) < 4.78 is 19.9. The van der Waals surface area contributed by atoms with Gasteiger partial charge in [0.1, 0.15) is 17.1 Å². The van der Waals surface area contributed by atoms with Crippen molar-refractivity contribution >= 4 is 34.2 Å². The number of para-hydroxylation sites is 2. The average molecular weight is 395 g/mol. The maximum Gasteiger partial charge on any atom is 0.291 e. The fourth-order valence-electron chi connectivity index (χ4n) is 3.55. The lowest BCUT2D eigenvalue weighted by molar-refractivity contribution is -0.115. The van der Waals surface area contributed by atoms with Crippen molar-refractivity contribution in [3.05, 3.63) is 60.1 Å². The van der Waals surface area contributed by atoms with Crippen LogP contribution in [0.25, 0.3) is 11.0 Å². The van der Waals surface area contributed by atoms with Gasteiger partial charge in [0.2, 0.25) is 11.7 Å². The number of fused-ring (bicyclic) bond motifs is 1. The molecule has 1 aliphatic heterocycles. The maximum atomic E-state index is 14.0. The summed E-state index contributed by atoms with van der Waals surface area (Å²) in [6.07, 6.45) is 0.300. The van der Waals surface area contributed by atoms with Crippen LogP contribution in [0.1, 0.15) is 23.9 Å². The summed E-state index contributed by atoms with van der Waals surface area (Å²) >= 11 is 0. The Morgan fingerprint density at radius 3 is 2.45 bits per heavy atom. The monoisotopic (exact) mass is 395 g/mol. The van der Waals surface area contributed by atoms with Gasteiger partial charge in [0.15, 0.2) is 0 Å². The topological polar surface area (TPSA) is 65.8 Å². The lowest BCUT2D eigenvalue weighted by atomic mass is 10.2. The second-order valence-electron chi connectivity index (χ2n) is 6.93. The van der Waals surface area contributed by atoms with Gasteiger partial charge in [-0.2, -0.15) is 0 Å². The molecule has 6 nitrogen and oxygen atoms in total. The highest BCUT2D eigenvalue weighted by Gasteiger charge is 2.29. The van der Waals surface area contributed by atoms with Gasteiger partial charge in [-0.3, -0.25) is 9.59 Å². The molecule has 2 aromatic carbocycles. The van der Waals surface area contributed by atoms with E-state index in [2.05, 4.69) is 5.32 Å². The minimum atomic E-state index is -0.277. The largest absolute Gasteiger partial charge is 0.449 e. The zero-order valence-electron chi connectivity index (χ0n) is 16.2. The number of furan rings is 1. The Labute approximate surface area is 167 Å². The van der Waals surface area contributed by atoms with Gasteiger partial charge in [0.05, 0.1) is 5.69 Å². The molecule has 0 saturated carbocycles. The summed E-state index contributed by atoms with van der Waals surface area (Å²) in [6, 6.07) is 13.9. The molecule has 1 aromatic heterocycles. The van der Waals surface area contributed by atoms with E-state index in [4.69, 9.17) is 4.42 Å². The molecule has 29 heavy (non-hydrogen) atoms. The summed E-state index contributed by atoms with van der Waals surface area (Å²) in [5.74, 6) is -0.600. The maximum absolute atomic E-state index is 14.0. The highest BCUT2D eigenvalue weighted by Crippen LogP contribution is 2.32. The van der Waals surface area contributed by atoms with Crippen LogP contribution in [0.15, 0.2) is 52.9 Å². The quantitative estimate of drug-likeness (QED) is 0.728. The number of benzene rings is 2. The Kier molecular flexibility index (Phi) is 5.20. The van der Waals surface area contributed by atoms with E-state index < -0.39 is 0 Å². The molecule has 3 aromatic rings. The molecular formula is C22H22FN3O3. The first-order valence-corrected chi connectivity index (χ1v) is 9.68. The fraction of sp³-hybridized carbons (Fsp3) is 0.273. The summed E-state index contributed by atoms with van der Waals surface area (Å²) in [5, 5.41) is 3.50. The van der Waals surface area contributed by atoms with Crippen molar-refractivity contribution in [1.29, 1.82) is 0 Å². The van der Waals surface area contributed by atoms with Crippen molar-refractivity contribution in [1.82, 2.24) is 4.90 Å². The number of anilines is 2. The molecule has 2 heterocycles. The van der Waals surface area contributed by atoms with Crippen LogP contribution >= 0.6 is 0 Å². The first-order valence-electron chi connectivity index (χ1n) is 9.68. The highest BCUT2D eigenvalue weighted by atomic mass is 19.1. The lowest BCUT2D eigenvalue weighted by Gasteiger charge is -2.35. The molecule has 0 bridgehead atoms. The molecule has 0 spiro atoms. The van der Waals surface area contributed by atoms with Crippen molar-refractivity contribution in [2.45, 2.75) is 13.3 Å². The third kappa shape index (κ3) is 3.68. The molecule has 1 N–H and O–H groups in total. The summed E-state index contributed by atoms with van der Waals surface area (Å²) in [7, 11) is 0. The van der Waals surface area contributed by atoms with E-state index in [1.807, 2.05) is 23.1 Å². The molecule has 0 radical (unpaired) electrons. The van der Waals surface area contributed by atoms with E-state index in [0.717, 1.165) is 0 Å². The Bertz CT molecular complexity index is 1050. The Balaban J connectivity index is 1.56. The molecule has 0 aliphatic carbocycles. The minimum absolute atomic E-state index is 0.132. The van der Waals surface area contributed by atoms with E-state index in [9.17, 15) is 14.0 Å². The Hall–Kier alpha value is -3.35. The van der Waals surface area contributed by atoms with Crippen LogP contribution in [-0.2, 0) is 4.79 Å². The van der Waals surface area contributed by atoms with Gasteiger partial charge in [-0.25, -0.2) is 4.39 Å². The van der Waals surface area contributed by atoms with Crippen LogP contribution < -0.4 is 10.2 Å². The lowest BCUT2D eigenvalue weighted by Crippen LogP contribution is -2.49. The fourth-order valence-corrected chi connectivity index (χ4v) is 3.55. The number of carbonyl (C=O) groups is 2. The predicted octanol–water partition coefficient (Wildman–Crippen LogP) is 3.88. The van der Waals surface area contributed by atoms with Crippen LogP contribution in [0.2, 0.25) is 0 Å². The SMILES string of the molecule is CCC(=O)Nc1c(C(=O)N2CCN(c3ccccc3F)CC2)oc2ccccc12. The van der Waals surface area contributed by atoms with E-state index in [-0.39, 0.29) is 23.4 Å². The number of rotatable bonds is 4. The van der Waals surface area contributed by atoms with Crippen molar-refractivity contribution in [2.24, 2.45) is 0 Å². The smallest absolute Gasteiger partial charge is 0.291 e. The van der Waals surface area contributed by atoms with Crippen molar-refractivity contribution in [3.63, 3.8) is 0 Å². The second kappa shape index (κ2) is 7.95. The number of amides is 2. The number of halogens is 1. The second-order valence-corrected chi connectivity index (χ2v) is 6.93. The van der Waals surface area contributed by atoms with Crippen molar-refractivity contribution < 1.29 is 18.4 Å². The molecule has 0 unspecified atom stereocenters. The van der Waals surface area contributed by atoms with E-state index in [1.54, 1.807) is 36.1 Å². The molecule has 1 saturated heterocycles. The number of hydrogen-bond donors (Lipinski definition) is 1. The molecule has 4 rings (SSSR count). The van der Waals surface area contributed by atoms with E-state index in [1.165, 1.54) is 6.07 Å². The number of hydrogen-bond acceptors (Lipinski definition) is 4. The summed E-state index contributed by atoms with van der Waals surface area (Å²) in [5.41, 5.74) is 1.50. The van der Waals surface area contributed by atoms with Gasteiger partial charge in [0.25, 0.3) is 5.91 Å². The van der Waals surface area contributed by atoms with Gasteiger partial charge < -0.3 is 19.5 Å². The molecule has 2 amide bonds. The standard InChI is InChI=1S/C22H22FN3O3/c1-2-19(27)24-20-15-7-3-6-10-18(15)29-21(20)22(28)26-13-11-25(12-14-26)17-9-5-4-8-16(17)23/h3-10H,2,11-14H2,1H3,(H,24,27). The van der Waals surface area contributed by atoms with Crippen LogP contribution in [0.5, 0.6) is 0 Å². The summed E-state index contributed by atoms with van der Waals surface area (Å²) in [6.45, 7) is 3.66. The predicted molar refractivity (Wildman–Crippen MR) is 110 cm³/mol. The first kappa shape index (κ1) is 19.0. The third-order valence-electron chi connectivity index (χ3n) is 5.14. The Morgan fingerprint density at radius 1 is 1.03 bits per heavy atom.